The summed E-state index contributed by atoms with van der Waals surface area (Å²) in [5.41, 5.74) is 0.986. The highest BCUT2D eigenvalue weighted by atomic mass is 19.3. The number of nitrogens with zero attached hydrogens (tertiary/aromatic N) is 1. The van der Waals surface area contributed by atoms with E-state index in [-0.39, 0.29) is 5.75 Å². The Kier molecular flexibility index (Phi) is 4.91. The van der Waals surface area contributed by atoms with E-state index in [9.17, 15) is 8.78 Å². The number of halogens is 2. The maximum atomic E-state index is 12.2. The monoisotopic (exact) mass is 267 g/mol. The highest BCUT2D eigenvalue weighted by Crippen LogP contribution is 2.20. The highest BCUT2D eigenvalue weighted by molar-refractivity contribution is 5.28. The largest absolute Gasteiger partial charge is 0.435 e. The number of hydrogen-bond acceptors (Lipinski definition) is 2. The van der Waals surface area contributed by atoms with Crippen molar-refractivity contribution in [3.63, 3.8) is 0 Å². The number of rotatable bonds is 5. The summed E-state index contributed by atoms with van der Waals surface area (Å²) in [5.74, 6) is 0.222. The van der Waals surface area contributed by atoms with Gasteiger partial charge in [0, 0.05) is 12.6 Å². The van der Waals surface area contributed by atoms with Crippen LogP contribution in [-0.2, 0) is 6.54 Å². The normalized spacial score (nSPS) is 19.1. The first-order valence-electron chi connectivity index (χ1n) is 6.56. The van der Waals surface area contributed by atoms with Gasteiger partial charge in [-0.05, 0) is 44.0 Å². The van der Waals surface area contributed by atoms with E-state index in [4.69, 9.17) is 0 Å². The molecule has 2 nitrogen and oxygen atoms in total. The van der Waals surface area contributed by atoms with Crippen LogP contribution in [0.3, 0.4) is 0 Å². The van der Waals surface area contributed by atoms with E-state index in [1.165, 1.54) is 6.42 Å². The van der Waals surface area contributed by atoms with E-state index >= 15 is 0 Å². The van der Waals surface area contributed by atoms with Gasteiger partial charge in [0.05, 0.1) is 0 Å². The minimum Gasteiger partial charge on any atom is -0.435 e. The molecule has 0 N–H and O–H groups in total. The van der Waals surface area contributed by atoms with Crippen molar-refractivity contribution >= 4 is 0 Å². The number of alkyl halides is 2. The molecule has 0 aromatic heterocycles. The molecule has 0 saturated heterocycles. The van der Waals surface area contributed by atoms with Crippen LogP contribution in [0.4, 0.5) is 8.78 Å². The summed E-state index contributed by atoms with van der Waals surface area (Å²) in [6.07, 6.45) is 7.95. The fourth-order valence-electron chi connectivity index (χ4n) is 2.39. The van der Waals surface area contributed by atoms with E-state index in [0.29, 0.717) is 6.04 Å². The number of allylic oxidation sites excluding steroid dienone is 1. The number of ether oxygens (including phenoxy) is 1. The van der Waals surface area contributed by atoms with Crippen LogP contribution in [0, 0.1) is 0 Å². The molecule has 1 aromatic carbocycles. The first kappa shape index (κ1) is 14.0. The molecule has 1 aliphatic rings. The van der Waals surface area contributed by atoms with Crippen molar-refractivity contribution in [2.75, 3.05) is 7.05 Å². The molecular weight excluding hydrogens is 248 g/mol. The lowest BCUT2D eigenvalue weighted by Gasteiger charge is -2.27. The average Bonchev–Trinajstić information content (AvgIpc) is 2.39. The summed E-state index contributed by atoms with van der Waals surface area (Å²) in [4.78, 5) is 2.23. The molecule has 4 heteroatoms. The van der Waals surface area contributed by atoms with Crippen molar-refractivity contribution in [3.8, 4) is 5.75 Å². The zero-order chi connectivity index (χ0) is 13.7. The Morgan fingerprint density at radius 2 is 2.26 bits per heavy atom. The number of hydrogen-bond donors (Lipinski definition) is 0. The first-order chi connectivity index (χ1) is 9.15. The molecule has 1 aliphatic carbocycles. The third kappa shape index (κ3) is 4.31. The lowest BCUT2D eigenvalue weighted by atomic mass is 10.0. The predicted molar refractivity (Wildman–Crippen MR) is 71.3 cm³/mol. The van der Waals surface area contributed by atoms with Crippen LogP contribution in [0.15, 0.2) is 36.4 Å². The van der Waals surface area contributed by atoms with Crippen LogP contribution in [-0.4, -0.2) is 24.6 Å². The second-order valence-corrected chi connectivity index (χ2v) is 4.87. The van der Waals surface area contributed by atoms with Gasteiger partial charge < -0.3 is 4.74 Å². The van der Waals surface area contributed by atoms with Gasteiger partial charge in [0.2, 0.25) is 0 Å². The first-order valence-corrected chi connectivity index (χ1v) is 6.56. The molecule has 1 aromatic rings. The van der Waals surface area contributed by atoms with Gasteiger partial charge in [-0.2, -0.15) is 8.78 Å². The minimum absolute atomic E-state index is 0.222. The van der Waals surface area contributed by atoms with Crippen molar-refractivity contribution in [1.29, 1.82) is 0 Å². The Bertz CT molecular complexity index is 434. The van der Waals surface area contributed by atoms with Crippen LogP contribution in [0.5, 0.6) is 5.75 Å². The average molecular weight is 267 g/mol. The summed E-state index contributed by atoms with van der Waals surface area (Å²) in [6.45, 7) is -2.04. The second-order valence-electron chi connectivity index (χ2n) is 4.87. The Morgan fingerprint density at radius 3 is 2.95 bits per heavy atom. The molecule has 0 aliphatic heterocycles. The molecule has 0 heterocycles. The van der Waals surface area contributed by atoms with Crippen molar-refractivity contribution in [3.05, 3.63) is 42.0 Å². The van der Waals surface area contributed by atoms with Gasteiger partial charge in [-0.15, -0.1) is 0 Å². The van der Waals surface area contributed by atoms with E-state index in [0.717, 1.165) is 24.9 Å². The van der Waals surface area contributed by atoms with E-state index in [1.807, 2.05) is 6.07 Å². The maximum Gasteiger partial charge on any atom is 0.387 e. The summed E-state index contributed by atoms with van der Waals surface area (Å²) in [7, 11) is 2.06. The van der Waals surface area contributed by atoms with Crippen molar-refractivity contribution in [2.45, 2.75) is 38.5 Å². The van der Waals surface area contributed by atoms with Crippen LogP contribution in [0.2, 0.25) is 0 Å². The molecule has 1 unspecified atom stereocenters. The van der Waals surface area contributed by atoms with Crippen LogP contribution in [0.25, 0.3) is 0 Å². The van der Waals surface area contributed by atoms with Crippen molar-refractivity contribution in [1.82, 2.24) is 4.90 Å². The van der Waals surface area contributed by atoms with Gasteiger partial charge in [-0.3, -0.25) is 4.90 Å². The topological polar surface area (TPSA) is 12.5 Å². The van der Waals surface area contributed by atoms with Gasteiger partial charge in [0.1, 0.15) is 5.75 Å². The van der Waals surface area contributed by atoms with Gasteiger partial charge in [-0.25, -0.2) is 0 Å². The molecule has 0 spiro atoms. The van der Waals surface area contributed by atoms with Gasteiger partial charge >= 0.3 is 6.61 Å². The molecule has 104 valence electrons. The lowest BCUT2D eigenvalue weighted by molar-refractivity contribution is -0.0499. The summed E-state index contributed by atoms with van der Waals surface area (Å²) in [6, 6.07) is 7.35. The van der Waals surface area contributed by atoms with Gasteiger partial charge in [-0.1, -0.05) is 24.3 Å². The quantitative estimate of drug-likeness (QED) is 0.752. The zero-order valence-electron chi connectivity index (χ0n) is 11.1. The molecule has 0 radical (unpaired) electrons. The lowest BCUT2D eigenvalue weighted by Crippen LogP contribution is -2.30. The Morgan fingerprint density at radius 1 is 1.42 bits per heavy atom. The molecule has 2 rings (SSSR count). The molecule has 1 atom stereocenters. The number of benzene rings is 1. The number of likely N-dealkylation sites (N-methyl/N-ethyl adjacent to an activating group) is 1. The molecular formula is C15H19F2NO. The third-order valence-corrected chi connectivity index (χ3v) is 3.35. The summed E-state index contributed by atoms with van der Waals surface area (Å²) in [5, 5.41) is 0. The van der Waals surface area contributed by atoms with E-state index in [1.54, 1.807) is 18.2 Å². The van der Waals surface area contributed by atoms with E-state index in [2.05, 4.69) is 28.8 Å². The minimum atomic E-state index is -2.77. The van der Waals surface area contributed by atoms with E-state index < -0.39 is 6.61 Å². The summed E-state index contributed by atoms with van der Waals surface area (Å²) >= 11 is 0. The van der Waals surface area contributed by atoms with Crippen LogP contribution >= 0.6 is 0 Å². The molecule has 0 amide bonds. The fraction of sp³-hybridized carbons (Fsp3) is 0.467. The predicted octanol–water partition coefficient (Wildman–Crippen LogP) is 3.83. The smallest absolute Gasteiger partial charge is 0.387 e. The van der Waals surface area contributed by atoms with Gasteiger partial charge in [0.25, 0.3) is 0 Å². The van der Waals surface area contributed by atoms with Gasteiger partial charge in [0.15, 0.2) is 0 Å². The Labute approximate surface area is 112 Å². The van der Waals surface area contributed by atoms with Crippen molar-refractivity contribution < 1.29 is 13.5 Å². The Balaban J connectivity index is 1.97. The second kappa shape index (κ2) is 6.66. The standard InChI is InChI=1S/C15H19F2NO/c1-18(13-7-3-2-4-8-13)11-12-6-5-9-14(10-12)19-15(16)17/h3,5-7,9-10,13,15H,2,4,8,11H2,1H3. The van der Waals surface area contributed by atoms with Crippen molar-refractivity contribution in [2.24, 2.45) is 0 Å². The molecule has 0 bridgehead atoms. The molecule has 0 saturated carbocycles. The summed E-state index contributed by atoms with van der Waals surface area (Å²) < 4.78 is 28.7. The Hall–Kier alpha value is -1.42. The SMILES string of the molecule is CN(Cc1cccc(OC(F)F)c1)C1C=CCCC1. The highest BCUT2D eigenvalue weighted by Gasteiger charge is 2.14. The molecule has 19 heavy (non-hydrogen) atoms. The molecule has 0 fully saturated rings. The third-order valence-electron chi connectivity index (χ3n) is 3.35. The maximum absolute atomic E-state index is 12.2. The zero-order valence-corrected chi connectivity index (χ0v) is 11.1. The fourth-order valence-corrected chi connectivity index (χ4v) is 2.39. The van der Waals surface area contributed by atoms with Crippen LogP contribution < -0.4 is 4.74 Å². The van der Waals surface area contributed by atoms with Crippen LogP contribution in [0.1, 0.15) is 24.8 Å².